The molecule has 0 aliphatic rings. The van der Waals surface area contributed by atoms with E-state index in [1.807, 2.05) is 0 Å². The van der Waals surface area contributed by atoms with Gasteiger partial charge < -0.3 is 9.13 Å². The summed E-state index contributed by atoms with van der Waals surface area (Å²) in [6.45, 7) is 0. The van der Waals surface area contributed by atoms with Crippen molar-refractivity contribution < 1.29 is 0 Å². The summed E-state index contributed by atoms with van der Waals surface area (Å²) < 4.78 is 4.75. The van der Waals surface area contributed by atoms with E-state index in [-0.39, 0.29) is 0 Å². The number of benzene rings is 16. The third-order valence-electron chi connectivity index (χ3n) is 17.9. The van der Waals surface area contributed by atoms with Crippen molar-refractivity contribution in [2.24, 2.45) is 0 Å². The minimum Gasteiger partial charge on any atom is -0.309 e. The molecule has 0 fully saturated rings. The predicted molar refractivity (Wildman–Crippen MR) is 368 cm³/mol. The lowest BCUT2D eigenvalue weighted by atomic mass is 9.91. The Balaban J connectivity index is 0.000000134. The largest absolute Gasteiger partial charge is 0.309 e. The Bertz CT molecular complexity index is 5540. The molecule has 0 aliphatic heterocycles. The van der Waals surface area contributed by atoms with Gasteiger partial charge in [0.2, 0.25) is 0 Å². The van der Waals surface area contributed by atoms with E-state index in [0.717, 1.165) is 0 Å². The first kappa shape index (κ1) is 49.3. The zero-order valence-electron chi connectivity index (χ0n) is 47.1. The minimum absolute atomic E-state index is 1.17. The average molecular weight is 1090 g/mol. The van der Waals surface area contributed by atoms with Crippen molar-refractivity contribution in [2.45, 2.75) is 0 Å². The molecule has 0 spiro atoms. The van der Waals surface area contributed by atoms with Gasteiger partial charge in [0.05, 0.1) is 22.1 Å². The van der Waals surface area contributed by atoms with Crippen molar-refractivity contribution >= 4 is 108 Å². The molecule has 400 valence electrons. The molecule has 2 aromatic heterocycles. The molecular formula is C84H54N2. The molecule has 18 rings (SSSR count). The van der Waals surface area contributed by atoms with Gasteiger partial charge >= 0.3 is 0 Å². The molecule has 0 N–H and O–H groups in total. The Morgan fingerprint density at radius 2 is 0.372 bits per heavy atom. The van der Waals surface area contributed by atoms with Crippen molar-refractivity contribution in [2.75, 3.05) is 0 Å². The molecule has 18 aromatic rings. The van der Waals surface area contributed by atoms with Crippen LogP contribution in [0.2, 0.25) is 0 Å². The molecule has 0 aliphatic carbocycles. The first-order valence-corrected chi connectivity index (χ1v) is 29.7. The van der Waals surface area contributed by atoms with Gasteiger partial charge in [-0.3, -0.25) is 0 Å². The Morgan fingerprint density at radius 1 is 0.128 bits per heavy atom. The van der Waals surface area contributed by atoms with Crippen LogP contribution in [0.4, 0.5) is 0 Å². The molecule has 0 bridgehead atoms. The molecule has 2 nitrogen and oxygen atoms in total. The molecule has 0 saturated carbocycles. The first-order valence-electron chi connectivity index (χ1n) is 29.7. The van der Waals surface area contributed by atoms with Gasteiger partial charge in [0, 0.05) is 32.9 Å². The molecule has 0 unspecified atom stereocenters. The van der Waals surface area contributed by atoms with Gasteiger partial charge in [-0.15, -0.1) is 0 Å². The van der Waals surface area contributed by atoms with E-state index in [2.05, 4.69) is 337 Å². The third kappa shape index (κ3) is 8.10. The van der Waals surface area contributed by atoms with Crippen molar-refractivity contribution in [3.05, 3.63) is 328 Å². The lowest BCUT2D eigenvalue weighted by Crippen LogP contribution is -1.94. The summed E-state index contributed by atoms with van der Waals surface area (Å²) in [5.74, 6) is 0. The first-order chi connectivity index (χ1) is 42.7. The predicted octanol–water partition coefficient (Wildman–Crippen LogP) is 23.2. The van der Waals surface area contributed by atoms with E-state index in [4.69, 9.17) is 0 Å². The molecule has 0 saturated heterocycles. The number of hydrogen-bond acceptors (Lipinski definition) is 0. The Labute approximate surface area is 497 Å². The molecular weight excluding hydrogens is 1040 g/mol. The summed E-state index contributed by atoms with van der Waals surface area (Å²) in [7, 11) is 0. The van der Waals surface area contributed by atoms with Gasteiger partial charge in [-0.2, -0.15) is 0 Å². The highest BCUT2D eigenvalue weighted by atomic mass is 15.0. The Kier molecular flexibility index (Phi) is 11.6. The summed E-state index contributed by atoms with van der Waals surface area (Å²) in [5.41, 5.74) is 17.0. The Hall–Kier alpha value is -11.3. The number of para-hydroxylation sites is 4. The topological polar surface area (TPSA) is 9.86 Å². The molecule has 0 amide bonds. The number of aromatic nitrogens is 2. The van der Waals surface area contributed by atoms with Crippen LogP contribution >= 0.6 is 0 Å². The molecule has 2 heteroatoms. The second kappa shape index (κ2) is 20.2. The molecule has 2 heterocycles. The maximum Gasteiger partial charge on any atom is 0.0541 e. The van der Waals surface area contributed by atoms with E-state index in [1.165, 1.54) is 164 Å². The van der Waals surface area contributed by atoms with E-state index in [9.17, 15) is 0 Å². The minimum atomic E-state index is 1.17. The van der Waals surface area contributed by atoms with Crippen LogP contribution < -0.4 is 0 Å². The van der Waals surface area contributed by atoms with E-state index < -0.39 is 0 Å². The fraction of sp³-hybridized carbons (Fsp3) is 0. The average Bonchev–Trinajstić information content (AvgIpc) is 1.70. The summed E-state index contributed by atoms with van der Waals surface area (Å²) in [5, 5.41) is 20.8. The fourth-order valence-corrected chi connectivity index (χ4v) is 14.0. The number of hydrogen-bond donors (Lipinski definition) is 0. The maximum atomic E-state index is 2.39. The highest BCUT2D eigenvalue weighted by Gasteiger charge is 2.16. The van der Waals surface area contributed by atoms with Gasteiger partial charge in [-0.05, 0) is 182 Å². The Morgan fingerprint density at radius 3 is 0.733 bits per heavy atom. The van der Waals surface area contributed by atoms with Gasteiger partial charge in [-0.25, -0.2) is 0 Å². The van der Waals surface area contributed by atoms with E-state index in [0.29, 0.717) is 0 Å². The van der Waals surface area contributed by atoms with Crippen molar-refractivity contribution in [3.63, 3.8) is 0 Å². The SMILES string of the molecule is c1cc(-c2ccc(-n3c4ccccc4c4ccccc43)cc2)cc(-c2ccc3c4ccccc4c4ccccc4c3c2)c1.c1cc(-c2cccc(-n3c4ccccc4c4ccccc43)c2)cc(-c2ccc3c4ccccc4c4ccccc4c3c2)c1. The summed E-state index contributed by atoms with van der Waals surface area (Å²) in [6.07, 6.45) is 0. The van der Waals surface area contributed by atoms with Crippen molar-refractivity contribution in [1.82, 2.24) is 9.13 Å². The lowest BCUT2D eigenvalue weighted by molar-refractivity contribution is 1.18. The fourth-order valence-electron chi connectivity index (χ4n) is 14.0. The van der Waals surface area contributed by atoms with Crippen LogP contribution in [0.1, 0.15) is 0 Å². The van der Waals surface area contributed by atoms with Gasteiger partial charge in [0.25, 0.3) is 0 Å². The summed E-state index contributed by atoms with van der Waals surface area (Å²) >= 11 is 0. The standard InChI is InChI=1S/2C42H27N/c1-2-17-35-33(15-1)34-16-3-4-18-36(34)40-27-31(23-24-37(35)40)29-12-9-11-28(25-29)30-13-10-14-32(26-30)43-41-21-7-5-19-38(41)39-20-6-8-22-42(39)43;1-2-14-35-33(12-1)34-13-3-4-15-36(34)40-27-31(22-25-37(35)40)30-11-9-10-29(26-30)28-20-23-32(24-21-28)43-41-18-7-5-16-38(41)39-17-6-8-19-42(39)43/h2*1-27H. The van der Waals surface area contributed by atoms with Gasteiger partial charge in [0.1, 0.15) is 0 Å². The lowest BCUT2D eigenvalue weighted by Gasteiger charge is -2.13. The number of fused-ring (bicyclic) bond motifs is 18. The zero-order chi connectivity index (χ0) is 56.7. The zero-order valence-corrected chi connectivity index (χ0v) is 47.1. The van der Waals surface area contributed by atoms with Crippen LogP contribution in [0.3, 0.4) is 0 Å². The molecule has 0 atom stereocenters. The van der Waals surface area contributed by atoms with Crippen molar-refractivity contribution in [1.29, 1.82) is 0 Å². The van der Waals surface area contributed by atoms with Gasteiger partial charge in [0.15, 0.2) is 0 Å². The van der Waals surface area contributed by atoms with Crippen LogP contribution in [0.15, 0.2) is 328 Å². The third-order valence-corrected chi connectivity index (χ3v) is 17.9. The summed E-state index contributed by atoms with van der Waals surface area (Å²) in [6, 6.07) is 119. The smallest absolute Gasteiger partial charge is 0.0541 e. The van der Waals surface area contributed by atoms with Crippen LogP contribution in [0.25, 0.3) is 164 Å². The number of rotatable bonds is 6. The second-order valence-corrected chi connectivity index (χ2v) is 22.7. The monoisotopic (exact) mass is 1090 g/mol. The maximum absolute atomic E-state index is 2.39. The van der Waals surface area contributed by atoms with Gasteiger partial charge in [-0.1, -0.05) is 255 Å². The molecule has 86 heavy (non-hydrogen) atoms. The number of nitrogens with zero attached hydrogens (tertiary/aromatic N) is 2. The molecule has 16 aromatic carbocycles. The second-order valence-electron chi connectivity index (χ2n) is 22.7. The van der Waals surface area contributed by atoms with E-state index >= 15 is 0 Å². The van der Waals surface area contributed by atoms with Crippen LogP contribution in [0.5, 0.6) is 0 Å². The van der Waals surface area contributed by atoms with Crippen LogP contribution in [0, 0.1) is 0 Å². The van der Waals surface area contributed by atoms with Crippen LogP contribution in [-0.4, -0.2) is 9.13 Å². The normalized spacial score (nSPS) is 11.7. The van der Waals surface area contributed by atoms with Crippen LogP contribution in [-0.2, 0) is 0 Å². The highest BCUT2D eigenvalue weighted by molar-refractivity contribution is 6.27. The van der Waals surface area contributed by atoms with E-state index in [1.54, 1.807) is 0 Å². The summed E-state index contributed by atoms with van der Waals surface area (Å²) in [4.78, 5) is 0. The quantitative estimate of drug-likeness (QED) is 0.147. The van der Waals surface area contributed by atoms with Crippen molar-refractivity contribution in [3.8, 4) is 55.9 Å². The highest BCUT2D eigenvalue weighted by Crippen LogP contribution is 2.41. The molecule has 0 radical (unpaired) electrons.